The van der Waals surface area contributed by atoms with Crippen molar-refractivity contribution >= 4 is 38.4 Å². The Bertz CT molecular complexity index is 1090. The van der Waals surface area contributed by atoms with E-state index in [9.17, 15) is 18.0 Å². The standard InChI is InChI=1S/C19H17NO6S/c1-2-25-19(22)18-17(14-10-6-7-11-15(14)26-18)20-16(21)12-27(23,24)13-8-4-3-5-9-13/h3-11H,2,12H2,1H3,(H,20,21). The van der Waals surface area contributed by atoms with Crippen LogP contribution in [0.2, 0.25) is 0 Å². The first-order valence-electron chi connectivity index (χ1n) is 8.18. The summed E-state index contributed by atoms with van der Waals surface area (Å²) in [6.07, 6.45) is 0. The lowest BCUT2D eigenvalue weighted by Gasteiger charge is -2.07. The molecule has 27 heavy (non-hydrogen) atoms. The Balaban J connectivity index is 1.90. The average Bonchev–Trinajstić information content (AvgIpc) is 3.01. The highest BCUT2D eigenvalue weighted by molar-refractivity contribution is 7.92. The van der Waals surface area contributed by atoms with Gasteiger partial charge in [0.15, 0.2) is 9.84 Å². The summed E-state index contributed by atoms with van der Waals surface area (Å²) in [5.41, 5.74) is 0.471. The zero-order chi connectivity index (χ0) is 19.4. The van der Waals surface area contributed by atoms with Crippen molar-refractivity contribution in [2.45, 2.75) is 11.8 Å². The highest BCUT2D eigenvalue weighted by atomic mass is 32.2. The zero-order valence-electron chi connectivity index (χ0n) is 14.5. The molecule has 0 aliphatic heterocycles. The summed E-state index contributed by atoms with van der Waals surface area (Å²) in [6, 6.07) is 14.4. The van der Waals surface area contributed by atoms with Crippen LogP contribution in [0, 0.1) is 0 Å². The molecule has 0 aliphatic carbocycles. The van der Waals surface area contributed by atoms with Gasteiger partial charge in [0.05, 0.1) is 11.5 Å². The Morgan fingerprint density at radius 2 is 1.70 bits per heavy atom. The fraction of sp³-hybridized carbons (Fsp3) is 0.158. The van der Waals surface area contributed by atoms with Gasteiger partial charge >= 0.3 is 5.97 Å². The largest absolute Gasteiger partial charge is 0.460 e. The maximum Gasteiger partial charge on any atom is 0.376 e. The Labute approximate surface area is 155 Å². The fourth-order valence-electron chi connectivity index (χ4n) is 2.57. The molecule has 0 saturated carbocycles. The number of esters is 1. The van der Waals surface area contributed by atoms with Gasteiger partial charge in [-0.25, -0.2) is 13.2 Å². The first kappa shape index (κ1) is 18.7. The Morgan fingerprint density at radius 3 is 2.41 bits per heavy atom. The molecular formula is C19H17NO6S. The fourth-order valence-corrected chi connectivity index (χ4v) is 3.73. The Kier molecular flexibility index (Phi) is 5.27. The van der Waals surface area contributed by atoms with Gasteiger partial charge in [-0.1, -0.05) is 30.3 Å². The maximum absolute atomic E-state index is 12.4. The van der Waals surface area contributed by atoms with E-state index in [1.807, 2.05) is 0 Å². The number of para-hydroxylation sites is 1. The van der Waals surface area contributed by atoms with Crippen LogP contribution in [-0.2, 0) is 19.4 Å². The number of carbonyl (C=O) groups excluding carboxylic acids is 2. The number of sulfone groups is 1. The summed E-state index contributed by atoms with van der Waals surface area (Å²) in [5.74, 6) is -2.46. The number of fused-ring (bicyclic) bond motifs is 1. The predicted octanol–water partition coefficient (Wildman–Crippen LogP) is 3.02. The smallest absolute Gasteiger partial charge is 0.376 e. The minimum atomic E-state index is -3.82. The summed E-state index contributed by atoms with van der Waals surface area (Å²) in [4.78, 5) is 24.6. The molecule has 0 fully saturated rings. The summed E-state index contributed by atoms with van der Waals surface area (Å²) >= 11 is 0. The third kappa shape index (κ3) is 4.01. The third-order valence-corrected chi connectivity index (χ3v) is 5.38. The first-order chi connectivity index (χ1) is 12.9. The molecule has 8 heteroatoms. The van der Waals surface area contributed by atoms with Crippen molar-refractivity contribution in [3.63, 3.8) is 0 Å². The number of hydrogen-bond donors (Lipinski definition) is 1. The van der Waals surface area contributed by atoms with Crippen LogP contribution in [0.15, 0.2) is 63.9 Å². The van der Waals surface area contributed by atoms with E-state index < -0.39 is 27.5 Å². The van der Waals surface area contributed by atoms with Crippen LogP contribution in [0.4, 0.5) is 5.69 Å². The molecule has 0 bridgehead atoms. The minimum absolute atomic E-state index is 0.0443. The van der Waals surface area contributed by atoms with Gasteiger partial charge in [0.25, 0.3) is 0 Å². The van der Waals surface area contributed by atoms with E-state index in [2.05, 4.69) is 5.32 Å². The number of hydrogen-bond acceptors (Lipinski definition) is 6. The van der Waals surface area contributed by atoms with Crippen LogP contribution in [0.3, 0.4) is 0 Å². The molecule has 0 radical (unpaired) electrons. The highest BCUT2D eigenvalue weighted by Gasteiger charge is 2.25. The van der Waals surface area contributed by atoms with E-state index in [1.54, 1.807) is 49.4 Å². The monoisotopic (exact) mass is 387 g/mol. The van der Waals surface area contributed by atoms with Crippen LogP contribution in [0.25, 0.3) is 11.0 Å². The van der Waals surface area contributed by atoms with Gasteiger partial charge in [0, 0.05) is 5.39 Å². The number of carbonyl (C=O) groups is 2. The molecule has 1 amide bonds. The topological polar surface area (TPSA) is 103 Å². The second-order valence-electron chi connectivity index (χ2n) is 5.64. The molecular weight excluding hydrogens is 370 g/mol. The van der Waals surface area contributed by atoms with Crippen LogP contribution in [0.1, 0.15) is 17.5 Å². The number of ether oxygens (including phenoxy) is 1. The minimum Gasteiger partial charge on any atom is -0.460 e. The van der Waals surface area contributed by atoms with Gasteiger partial charge in [0.1, 0.15) is 17.0 Å². The van der Waals surface area contributed by atoms with E-state index in [4.69, 9.17) is 9.15 Å². The molecule has 0 atom stereocenters. The Morgan fingerprint density at radius 1 is 1.04 bits per heavy atom. The lowest BCUT2D eigenvalue weighted by atomic mass is 10.2. The lowest BCUT2D eigenvalue weighted by molar-refractivity contribution is -0.113. The average molecular weight is 387 g/mol. The SMILES string of the molecule is CCOC(=O)c1oc2ccccc2c1NC(=O)CS(=O)(=O)c1ccccc1. The number of benzene rings is 2. The van der Waals surface area contributed by atoms with Crippen molar-refractivity contribution in [2.24, 2.45) is 0 Å². The van der Waals surface area contributed by atoms with Gasteiger partial charge in [-0.05, 0) is 31.2 Å². The molecule has 1 aromatic heterocycles. The van der Waals surface area contributed by atoms with Gasteiger partial charge in [-0.3, -0.25) is 4.79 Å². The molecule has 7 nitrogen and oxygen atoms in total. The summed E-state index contributed by atoms with van der Waals surface area (Å²) in [6.45, 7) is 1.77. The van der Waals surface area contributed by atoms with E-state index in [-0.39, 0.29) is 22.9 Å². The van der Waals surface area contributed by atoms with Crippen molar-refractivity contribution in [1.29, 1.82) is 0 Å². The van der Waals surface area contributed by atoms with Gasteiger partial charge in [-0.15, -0.1) is 0 Å². The van der Waals surface area contributed by atoms with Crippen molar-refractivity contribution < 1.29 is 27.2 Å². The number of furan rings is 1. The van der Waals surface area contributed by atoms with Crippen molar-refractivity contribution in [2.75, 3.05) is 17.7 Å². The highest BCUT2D eigenvalue weighted by Crippen LogP contribution is 2.31. The van der Waals surface area contributed by atoms with Crippen molar-refractivity contribution in [3.05, 3.63) is 60.4 Å². The molecule has 3 rings (SSSR count). The molecule has 0 saturated heterocycles. The summed E-state index contributed by atoms with van der Waals surface area (Å²) in [5, 5.41) is 2.96. The van der Waals surface area contributed by atoms with Crippen LogP contribution >= 0.6 is 0 Å². The number of amides is 1. The van der Waals surface area contributed by atoms with E-state index >= 15 is 0 Å². The predicted molar refractivity (Wildman–Crippen MR) is 99.3 cm³/mol. The Hall–Kier alpha value is -3.13. The van der Waals surface area contributed by atoms with Crippen LogP contribution in [0.5, 0.6) is 0 Å². The number of rotatable bonds is 6. The summed E-state index contributed by atoms with van der Waals surface area (Å²) in [7, 11) is -3.82. The van der Waals surface area contributed by atoms with Crippen molar-refractivity contribution in [1.82, 2.24) is 0 Å². The number of anilines is 1. The second kappa shape index (κ2) is 7.63. The lowest BCUT2D eigenvalue weighted by Crippen LogP contribution is -2.24. The zero-order valence-corrected chi connectivity index (χ0v) is 15.3. The van der Waals surface area contributed by atoms with Gasteiger partial charge < -0.3 is 14.5 Å². The van der Waals surface area contributed by atoms with Gasteiger partial charge in [0.2, 0.25) is 11.7 Å². The molecule has 0 aliphatic rings. The van der Waals surface area contributed by atoms with Crippen LogP contribution in [-0.4, -0.2) is 32.7 Å². The van der Waals surface area contributed by atoms with Gasteiger partial charge in [-0.2, -0.15) is 0 Å². The van der Waals surface area contributed by atoms with Crippen molar-refractivity contribution in [3.8, 4) is 0 Å². The first-order valence-corrected chi connectivity index (χ1v) is 9.84. The quantitative estimate of drug-likeness (QED) is 0.652. The van der Waals surface area contributed by atoms with E-state index in [1.165, 1.54) is 12.1 Å². The number of nitrogens with one attached hydrogen (secondary N) is 1. The molecule has 1 N–H and O–H groups in total. The van der Waals surface area contributed by atoms with E-state index in [0.717, 1.165) is 0 Å². The third-order valence-electron chi connectivity index (χ3n) is 3.74. The normalized spacial score (nSPS) is 11.3. The molecule has 2 aromatic carbocycles. The van der Waals surface area contributed by atoms with Crippen LogP contribution < -0.4 is 5.32 Å². The molecule has 140 valence electrons. The summed E-state index contributed by atoms with van der Waals surface area (Å²) < 4.78 is 35.2. The molecule has 1 heterocycles. The second-order valence-corrected chi connectivity index (χ2v) is 7.63. The van der Waals surface area contributed by atoms with E-state index in [0.29, 0.717) is 11.0 Å². The molecule has 0 unspecified atom stereocenters. The maximum atomic E-state index is 12.4. The molecule has 0 spiro atoms. The molecule has 3 aromatic rings.